The van der Waals surface area contributed by atoms with Gasteiger partial charge in [0.2, 0.25) is 0 Å². The lowest BCUT2D eigenvalue weighted by molar-refractivity contribution is 0.765. The van der Waals surface area contributed by atoms with Crippen molar-refractivity contribution in [3.8, 4) is 11.5 Å². The van der Waals surface area contributed by atoms with E-state index >= 15 is 0 Å². The maximum absolute atomic E-state index is 4.62. The molecule has 0 aromatic carbocycles. The molecule has 0 aliphatic rings. The SMILES string of the molecule is CCNc1nc(-c2ccn(C)n2)nc(C(C)C)c1Br. The predicted molar refractivity (Wildman–Crippen MR) is 80.2 cm³/mol. The number of halogens is 1. The molecule has 0 spiro atoms. The minimum Gasteiger partial charge on any atom is -0.369 e. The summed E-state index contributed by atoms with van der Waals surface area (Å²) in [5.74, 6) is 1.79. The monoisotopic (exact) mass is 323 g/mol. The Hall–Kier alpha value is -1.43. The number of aryl methyl sites for hydroxylation is 1. The number of rotatable bonds is 4. The summed E-state index contributed by atoms with van der Waals surface area (Å²) in [4.78, 5) is 9.17. The van der Waals surface area contributed by atoms with E-state index in [1.54, 1.807) is 4.68 Å². The van der Waals surface area contributed by atoms with Crippen LogP contribution < -0.4 is 5.32 Å². The Morgan fingerprint density at radius 1 is 1.37 bits per heavy atom. The number of nitrogens with zero attached hydrogens (tertiary/aromatic N) is 4. The first-order valence-corrected chi connectivity index (χ1v) is 7.13. The van der Waals surface area contributed by atoms with Gasteiger partial charge in [0.25, 0.3) is 0 Å². The zero-order valence-electron chi connectivity index (χ0n) is 11.6. The standard InChI is InChI=1S/C13H18BrN5/c1-5-15-13-10(14)11(8(2)3)16-12(17-13)9-6-7-19(4)18-9/h6-8H,5H2,1-4H3,(H,15,16,17). The Labute approximate surface area is 121 Å². The van der Waals surface area contributed by atoms with Gasteiger partial charge in [-0.3, -0.25) is 4.68 Å². The molecule has 1 N–H and O–H groups in total. The van der Waals surface area contributed by atoms with Crippen molar-refractivity contribution in [3.05, 3.63) is 22.4 Å². The molecular formula is C13H18BrN5. The highest BCUT2D eigenvalue weighted by Gasteiger charge is 2.16. The number of aromatic nitrogens is 4. The van der Waals surface area contributed by atoms with Gasteiger partial charge >= 0.3 is 0 Å². The van der Waals surface area contributed by atoms with E-state index < -0.39 is 0 Å². The summed E-state index contributed by atoms with van der Waals surface area (Å²) in [7, 11) is 1.89. The molecule has 2 aromatic rings. The van der Waals surface area contributed by atoms with Crippen molar-refractivity contribution in [2.45, 2.75) is 26.7 Å². The molecule has 6 heteroatoms. The first-order valence-electron chi connectivity index (χ1n) is 6.34. The summed E-state index contributed by atoms with van der Waals surface area (Å²) in [6, 6.07) is 1.92. The molecular weight excluding hydrogens is 306 g/mol. The molecule has 19 heavy (non-hydrogen) atoms. The Kier molecular flexibility index (Phi) is 4.19. The Morgan fingerprint density at radius 2 is 2.11 bits per heavy atom. The van der Waals surface area contributed by atoms with Gasteiger partial charge in [-0.1, -0.05) is 13.8 Å². The first kappa shape index (κ1) is 14.0. The summed E-state index contributed by atoms with van der Waals surface area (Å²) in [6.07, 6.45) is 1.89. The fraction of sp³-hybridized carbons (Fsp3) is 0.462. The second-order valence-corrected chi connectivity index (χ2v) is 5.45. The van der Waals surface area contributed by atoms with Crippen molar-refractivity contribution in [1.29, 1.82) is 0 Å². The third-order valence-corrected chi connectivity index (χ3v) is 3.49. The van der Waals surface area contributed by atoms with E-state index in [1.165, 1.54) is 0 Å². The smallest absolute Gasteiger partial charge is 0.182 e. The lowest BCUT2D eigenvalue weighted by Gasteiger charge is -2.13. The van der Waals surface area contributed by atoms with Gasteiger partial charge in [-0.05, 0) is 34.8 Å². The minimum atomic E-state index is 0.317. The van der Waals surface area contributed by atoms with E-state index in [0.29, 0.717) is 11.7 Å². The summed E-state index contributed by atoms with van der Waals surface area (Å²) in [6.45, 7) is 7.09. The molecule has 102 valence electrons. The molecule has 0 unspecified atom stereocenters. The summed E-state index contributed by atoms with van der Waals surface area (Å²) in [5, 5.41) is 7.62. The molecule has 2 aromatic heterocycles. The second-order valence-electron chi connectivity index (χ2n) is 4.65. The normalized spacial score (nSPS) is 11.1. The maximum Gasteiger partial charge on any atom is 0.182 e. The third-order valence-electron chi connectivity index (χ3n) is 2.71. The number of hydrogen-bond donors (Lipinski definition) is 1. The van der Waals surface area contributed by atoms with Gasteiger partial charge < -0.3 is 5.32 Å². The van der Waals surface area contributed by atoms with E-state index in [-0.39, 0.29) is 0 Å². The van der Waals surface area contributed by atoms with Gasteiger partial charge in [-0.2, -0.15) is 5.10 Å². The van der Waals surface area contributed by atoms with Crippen LogP contribution in [0.1, 0.15) is 32.4 Å². The average molecular weight is 324 g/mol. The summed E-state index contributed by atoms with van der Waals surface area (Å²) in [5.41, 5.74) is 1.78. The zero-order valence-corrected chi connectivity index (χ0v) is 13.2. The van der Waals surface area contributed by atoms with Crippen molar-refractivity contribution in [1.82, 2.24) is 19.7 Å². The highest BCUT2D eigenvalue weighted by molar-refractivity contribution is 9.10. The van der Waals surface area contributed by atoms with Crippen LogP contribution >= 0.6 is 15.9 Å². The average Bonchev–Trinajstić information content (AvgIpc) is 2.78. The molecule has 2 rings (SSSR count). The molecule has 5 nitrogen and oxygen atoms in total. The molecule has 2 heterocycles. The van der Waals surface area contributed by atoms with Crippen LogP contribution in [0.4, 0.5) is 5.82 Å². The van der Waals surface area contributed by atoms with Crippen LogP contribution in [0.15, 0.2) is 16.7 Å². The molecule has 0 aliphatic carbocycles. The van der Waals surface area contributed by atoms with E-state index in [2.05, 4.69) is 50.2 Å². The summed E-state index contributed by atoms with van der Waals surface area (Å²) < 4.78 is 2.69. The molecule has 0 saturated carbocycles. The lowest BCUT2D eigenvalue weighted by Crippen LogP contribution is -2.07. The fourth-order valence-corrected chi connectivity index (χ4v) is 2.56. The van der Waals surface area contributed by atoms with Crippen LogP contribution in [-0.4, -0.2) is 26.3 Å². The lowest BCUT2D eigenvalue weighted by atomic mass is 10.1. The van der Waals surface area contributed by atoms with Crippen molar-refractivity contribution in [2.75, 3.05) is 11.9 Å². The van der Waals surface area contributed by atoms with Crippen LogP contribution in [0, 0.1) is 0 Å². The highest BCUT2D eigenvalue weighted by atomic mass is 79.9. The Morgan fingerprint density at radius 3 is 2.63 bits per heavy atom. The molecule has 0 fully saturated rings. The predicted octanol–water partition coefficient (Wildman–Crippen LogP) is 3.19. The maximum atomic E-state index is 4.62. The number of nitrogens with one attached hydrogen (secondary N) is 1. The van der Waals surface area contributed by atoms with Crippen LogP contribution in [0.5, 0.6) is 0 Å². The van der Waals surface area contributed by atoms with Gasteiger partial charge in [0.05, 0.1) is 10.2 Å². The van der Waals surface area contributed by atoms with Crippen LogP contribution in [0.3, 0.4) is 0 Å². The van der Waals surface area contributed by atoms with Crippen molar-refractivity contribution in [2.24, 2.45) is 7.05 Å². The van der Waals surface area contributed by atoms with Gasteiger partial charge in [0.15, 0.2) is 5.82 Å². The van der Waals surface area contributed by atoms with Gasteiger partial charge in [0, 0.05) is 19.8 Å². The third kappa shape index (κ3) is 2.94. The quantitative estimate of drug-likeness (QED) is 0.938. The summed E-state index contributed by atoms with van der Waals surface area (Å²) >= 11 is 3.58. The molecule has 0 radical (unpaired) electrons. The van der Waals surface area contributed by atoms with Crippen LogP contribution in [0.2, 0.25) is 0 Å². The number of anilines is 1. The highest BCUT2D eigenvalue weighted by Crippen LogP contribution is 2.30. The van der Waals surface area contributed by atoms with Gasteiger partial charge in [-0.25, -0.2) is 9.97 Å². The second kappa shape index (κ2) is 5.69. The molecule has 0 amide bonds. The Bertz CT molecular complexity index is 576. The van der Waals surface area contributed by atoms with Gasteiger partial charge in [0.1, 0.15) is 11.5 Å². The van der Waals surface area contributed by atoms with Crippen molar-refractivity contribution < 1.29 is 0 Å². The minimum absolute atomic E-state index is 0.317. The van der Waals surface area contributed by atoms with Crippen LogP contribution in [-0.2, 0) is 7.05 Å². The molecule has 0 atom stereocenters. The van der Waals surface area contributed by atoms with Crippen LogP contribution in [0.25, 0.3) is 11.5 Å². The van der Waals surface area contributed by atoms with E-state index in [0.717, 1.165) is 28.2 Å². The largest absolute Gasteiger partial charge is 0.369 e. The molecule has 0 saturated heterocycles. The zero-order chi connectivity index (χ0) is 14.0. The van der Waals surface area contributed by atoms with Gasteiger partial charge in [-0.15, -0.1) is 0 Å². The number of hydrogen-bond acceptors (Lipinski definition) is 4. The Balaban J connectivity index is 2.55. The van der Waals surface area contributed by atoms with E-state index in [4.69, 9.17) is 0 Å². The molecule has 0 aliphatic heterocycles. The van der Waals surface area contributed by atoms with E-state index in [1.807, 2.05) is 26.2 Å². The van der Waals surface area contributed by atoms with E-state index in [9.17, 15) is 0 Å². The topological polar surface area (TPSA) is 55.6 Å². The van der Waals surface area contributed by atoms with Crippen molar-refractivity contribution in [3.63, 3.8) is 0 Å². The fourth-order valence-electron chi connectivity index (χ4n) is 1.78. The molecule has 0 bridgehead atoms. The van der Waals surface area contributed by atoms with Crippen molar-refractivity contribution >= 4 is 21.7 Å². The first-order chi connectivity index (χ1) is 9.02.